The van der Waals surface area contributed by atoms with Gasteiger partial charge in [-0.15, -0.1) is 0 Å². The first-order valence-electron chi connectivity index (χ1n) is 9.01. The second kappa shape index (κ2) is 10.1. The van der Waals surface area contributed by atoms with E-state index in [9.17, 15) is 26.7 Å². The SMILES string of the molecule is CCOC(=O)c1nn(CC)c(-c2cnc(CCCC(F)(F)F)cc2OC(F)F)c1Cl. The van der Waals surface area contributed by atoms with Crippen molar-refractivity contribution in [2.24, 2.45) is 0 Å². The Morgan fingerprint density at radius 2 is 2.00 bits per heavy atom. The van der Waals surface area contributed by atoms with Crippen LogP contribution >= 0.6 is 11.6 Å². The van der Waals surface area contributed by atoms with Crippen LogP contribution in [0, 0.1) is 0 Å². The normalized spacial score (nSPS) is 11.8. The standard InChI is InChI=1S/C18H19ClF5N3O3/c1-3-27-15(13(19)14(26-27)16(28)29-4-2)11-9-25-10(6-5-7-18(22,23)24)8-12(11)30-17(20)21/h8-9,17H,3-7H2,1-2H3. The van der Waals surface area contributed by atoms with Crippen LogP contribution in [0.5, 0.6) is 5.75 Å². The molecule has 166 valence electrons. The Balaban J connectivity index is 2.46. The van der Waals surface area contributed by atoms with Crippen molar-refractivity contribution < 1.29 is 36.2 Å². The van der Waals surface area contributed by atoms with Gasteiger partial charge >= 0.3 is 18.8 Å². The summed E-state index contributed by atoms with van der Waals surface area (Å²) in [5, 5.41) is 3.92. The smallest absolute Gasteiger partial charge is 0.389 e. The van der Waals surface area contributed by atoms with E-state index >= 15 is 0 Å². The lowest BCUT2D eigenvalue weighted by molar-refractivity contribution is -0.135. The van der Waals surface area contributed by atoms with E-state index in [1.54, 1.807) is 13.8 Å². The molecule has 0 amide bonds. The first-order valence-corrected chi connectivity index (χ1v) is 9.39. The van der Waals surface area contributed by atoms with Crippen molar-refractivity contribution in [3.05, 3.63) is 28.7 Å². The topological polar surface area (TPSA) is 66.2 Å². The number of alkyl halides is 5. The molecule has 0 aromatic carbocycles. The third-order valence-electron chi connectivity index (χ3n) is 3.95. The van der Waals surface area contributed by atoms with E-state index in [1.165, 1.54) is 4.68 Å². The van der Waals surface area contributed by atoms with Crippen LogP contribution in [0.4, 0.5) is 22.0 Å². The fourth-order valence-corrected chi connectivity index (χ4v) is 3.03. The monoisotopic (exact) mass is 455 g/mol. The lowest BCUT2D eigenvalue weighted by Crippen LogP contribution is -2.09. The van der Waals surface area contributed by atoms with Gasteiger partial charge in [0.1, 0.15) is 10.8 Å². The highest BCUT2D eigenvalue weighted by atomic mass is 35.5. The van der Waals surface area contributed by atoms with E-state index in [4.69, 9.17) is 16.3 Å². The van der Waals surface area contributed by atoms with Crippen molar-refractivity contribution in [2.45, 2.75) is 52.4 Å². The van der Waals surface area contributed by atoms with E-state index in [-0.39, 0.29) is 59.4 Å². The number of aryl methyl sites for hydroxylation is 2. The second-order valence-corrected chi connectivity index (χ2v) is 6.44. The molecule has 0 bridgehead atoms. The average molecular weight is 456 g/mol. The molecule has 0 fully saturated rings. The van der Waals surface area contributed by atoms with E-state index in [2.05, 4.69) is 14.8 Å². The van der Waals surface area contributed by atoms with Gasteiger partial charge in [-0.1, -0.05) is 11.6 Å². The third kappa shape index (κ3) is 6.04. The summed E-state index contributed by atoms with van der Waals surface area (Å²) in [5.41, 5.74) is 0.0625. The number of hydrogen-bond donors (Lipinski definition) is 0. The van der Waals surface area contributed by atoms with Gasteiger partial charge in [0.2, 0.25) is 0 Å². The third-order valence-corrected chi connectivity index (χ3v) is 4.31. The molecule has 0 radical (unpaired) electrons. The van der Waals surface area contributed by atoms with Crippen LogP contribution in [0.15, 0.2) is 12.3 Å². The number of nitrogens with zero attached hydrogens (tertiary/aromatic N) is 3. The Morgan fingerprint density at radius 3 is 2.57 bits per heavy atom. The van der Waals surface area contributed by atoms with Gasteiger partial charge < -0.3 is 9.47 Å². The molecule has 0 unspecified atom stereocenters. The largest absolute Gasteiger partial charge is 0.461 e. The zero-order valence-electron chi connectivity index (χ0n) is 16.1. The highest BCUT2D eigenvalue weighted by Gasteiger charge is 2.28. The average Bonchev–Trinajstić information content (AvgIpc) is 2.97. The molecule has 2 aromatic heterocycles. The molecular formula is C18H19ClF5N3O3. The summed E-state index contributed by atoms with van der Waals surface area (Å²) in [7, 11) is 0. The maximum atomic E-state index is 13.0. The Hall–Kier alpha value is -2.43. The minimum atomic E-state index is -4.33. The number of carbonyl (C=O) groups is 1. The summed E-state index contributed by atoms with van der Waals surface area (Å²) < 4.78 is 73.7. The van der Waals surface area contributed by atoms with Crippen LogP contribution in [0.25, 0.3) is 11.3 Å². The van der Waals surface area contributed by atoms with Crippen molar-refractivity contribution in [2.75, 3.05) is 6.61 Å². The van der Waals surface area contributed by atoms with Gasteiger partial charge in [-0.2, -0.15) is 27.1 Å². The maximum absolute atomic E-state index is 13.0. The Labute approximate surface area is 173 Å². The number of esters is 1. The highest BCUT2D eigenvalue weighted by Crippen LogP contribution is 2.38. The fourth-order valence-electron chi connectivity index (χ4n) is 2.71. The molecule has 0 aliphatic rings. The lowest BCUT2D eigenvalue weighted by atomic mass is 10.1. The van der Waals surface area contributed by atoms with E-state index in [1.807, 2.05) is 0 Å². The molecule has 0 aliphatic heterocycles. The summed E-state index contributed by atoms with van der Waals surface area (Å²) in [6, 6.07) is 1.13. The van der Waals surface area contributed by atoms with Gasteiger partial charge in [0, 0.05) is 30.9 Å². The lowest BCUT2D eigenvalue weighted by Gasteiger charge is -2.14. The summed E-state index contributed by atoms with van der Waals surface area (Å²) in [6.45, 7) is 0.400. The Morgan fingerprint density at radius 1 is 1.30 bits per heavy atom. The quantitative estimate of drug-likeness (QED) is 0.380. The molecule has 0 saturated heterocycles. The number of halogens is 6. The molecular weight excluding hydrogens is 437 g/mol. The molecule has 0 N–H and O–H groups in total. The molecule has 0 spiro atoms. The van der Waals surface area contributed by atoms with Crippen molar-refractivity contribution in [1.29, 1.82) is 0 Å². The van der Waals surface area contributed by atoms with Gasteiger partial charge in [0.05, 0.1) is 17.9 Å². The van der Waals surface area contributed by atoms with Crippen LogP contribution in [0.2, 0.25) is 5.02 Å². The van der Waals surface area contributed by atoms with Crippen molar-refractivity contribution >= 4 is 17.6 Å². The second-order valence-electron chi connectivity index (χ2n) is 6.07. The maximum Gasteiger partial charge on any atom is 0.389 e. The number of ether oxygens (including phenoxy) is 2. The molecule has 2 rings (SSSR count). The number of pyridine rings is 1. The predicted molar refractivity (Wildman–Crippen MR) is 97.7 cm³/mol. The molecule has 2 aromatic rings. The summed E-state index contributed by atoms with van der Waals surface area (Å²) in [5.74, 6) is -1.13. The van der Waals surface area contributed by atoms with E-state index in [0.717, 1.165) is 12.3 Å². The molecule has 0 aliphatic carbocycles. The Bertz CT molecular complexity index is 887. The number of rotatable bonds is 9. The molecule has 6 nitrogen and oxygen atoms in total. The summed E-state index contributed by atoms with van der Waals surface area (Å²) in [6.07, 6.45) is -4.55. The van der Waals surface area contributed by atoms with E-state index < -0.39 is 25.2 Å². The van der Waals surface area contributed by atoms with Gasteiger partial charge in [0.25, 0.3) is 0 Å². The van der Waals surface area contributed by atoms with Crippen LogP contribution in [0.3, 0.4) is 0 Å². The van der Waals surface area contributed by atoms with Gasteiger partial charge in [-0.05, 0) is 26.7 Å². The Kier molecular flexibility index (Phi) is 7.99. The van der Waals surface area contributed by atoms with Crippen LogP contribution < -0.4 is 4.74 Å². The molecule has 0 atom stereocenters. The first-order chi connectivity index (χ1) is 14.1. The first kappa shape index (κ1) is 23.8. The summed E-state index contributed by atoms with van der Waals surface area (Å²) >= 11 is 6.28. The van der Waals surface area contributed by atoms with Crippen molar-refractivity contribution in [3.8, 4) is 17.0 Å². The molecule has 30 heavy (non-hydrogen) atoms. The molecule has 12 heteroatoms. The highest BCUT2D eigenvalue weighted by molar-refractivity contribution is 6.35. The predicted octanol–water partition coefficient (Wildman–Crippen LogP) is 5.28. The fraction of sp³-hybridized carbons (Fsp3) is 0.500. The van der Waals surface area contributed by atoms with Crippen LogP contribution in [0.1, 0.15) is 42.9 Å². The van der Waals surface area contributed by atoms with Crippen molar-refractivity contribution in [1.82, 2.24) is 14.8 Å². The van der Waals surface area contributed by atoms with Crippen LogP contribution in [-0.4, -0.2) is 40.1 Å². The molecule has 0 saturated carbocycles. The van der Waals surface area contributed by atoms with Crippen molar-refractivity contribution in [3.63, 3.8) is 0 Å². The number of hydrogen-bond acceptors (Lipinski definition) is 5. The zero-order valence-corrected chi connectivity index (χ0v) is 16.9. The minimum absolute atomic E-state index is 0.0183. The van der Waals surface area contributed by atoms with Crippen LogP contribution in [-0.2, 0) is 17.7 Å². The summed E-state index contributed by atoms with van der Waals surface area (Å²) in [4.78, 5) is 16.1. The van der Waals surface area contributed by atoms with Gasteiger partial charge in [-0.25, -0.2) is 4.79 Å². The number of carbonyl (C=O) groups excluding carboxylic acids is 1. The minimum Gasteiger partial charge on any atom is -0.461 e. The zero-order chi connectivity index (χ0) is 22.5. The molecule has 2 heterocycles. The van der Waals surface area contributed by atoms with Gasteiger partial charge in [0.15, 0.2) is 5.69 Å². The number of aromatic nitrogens is 3. The van der Waals surface area contributed by atoms with Gasteiger partial charge in [-0.3, -0.25) is 9.67 Å². The van der Waals surface area contributed by atoms with E-state index in [0.29, 0.717) is 0 Å².